The highest BCUT2D eigenvalue weighted by Gasteiger charge is 2.19. The quantitative estimate of drug-likeness (QED) is 0.884. The summed E-state index contributed by atoms with van der Waals surface area (Å²) >= 11 is 0. The van der Waals surface area contributed by atoms with Crippen LogP contribution in [0.2, 0.25) is 0 Å². The molecule has 1 aromatic carbocycles. The number of hydrogen-bond donors (Lipinski definition) is 2. The molecule has 2 aromatic rings. The third-order valence-electron chi connectivity index (χ3n) is 4.42. The van der Waals surface area contributed by atoms with Gasteiger partial charge in [-0.3, -0.25) is 9.59 Å². The molecule has 1 aliphatic heterocycles. The summed E-state index contributed by atoms with van der Waals surface area (Å²) in [5.74, 6) is 0.764. The number of hydrogen-bond acceptors (Lipinski definition) is 4. The van der Waals surface area contributed by atoms with Crippen molar-refractivity contribution in [3.63, 3.8) is 0 Å². The third-order valence-corrected chi connectivity index (χ3v) is 4.42. The number of aryl methyl sites for hydroxylation is 2. The minimum atomic E-state index is -0.108. The van der Waals surface area contributed by atoms with Gasteiger partial charge in [-0.15, -0.1) is 0 Å². The Kier molecular flexibility index (Phi) is 4.38. The second kappa shape index (κ2) is 6.47. The lowest BCUT2D eigenvalue weighted by molar-refractivity contribution is -0.121. The van der Waals surface area contributed by atoms with Crippen LogP contribution in [0.15, 0.2) is 22.7 Å². The molecule has 0 saturated heterocycles. The van der Waals surface area contributed by atoms with Crippen LogP contribution in [0.5, 0.6) is 0 Å². The van der Waals surface area contributed by atoms with Gasteiger partial charge in [0, 0.05) is 17.7 Å². The predicted molar refractivity (Wildman–Crippen MR) is 89.6 cm³/mol. The fourth-order valence-corrected chi connectivity index (χ4v) is 3.01. The lowest BCUT2D eigenvalue weighted by Crippen LogP contribution is -2.27. The first-order chi connectivity index (χ1) is 11.4. The fourth-order valence-electron chi connectivity index (χ4n) is 3.01. The van der Waals surface area contributed by atoms with Gasteiger partial charge in [-0.25, -0.2) is 0 Å². The summed E-state index contributed by atoms with van der Waals surface area (Å²) in [5.41, 5.74) is 4.68. The molecule has 126 valence electrons. The van der Waals surface area contributed by atoms with E-state index in [1.165, 1.54) is 0 Å². The van der Waals surface area contributed by atoms with E-state index in [1.807, 2.05) is 39.0 Å². The Hall–Kier alpha value is -2.63. The summed E-state index contributed by atoms with van der Waals surface area (Å²) in [6.07, 6.45) is 1.40. The van der Waals surface area contributed by atoms with Gasteiger partial charge in [0.25, 0.3) is 0 Å². The highest BCUT2D eigenvalue weighted by atomic mass is 16.5. The molecule has 0 unspecified atom stereocenters. The number of carbonyl (C=O) groups is 2. The van der Waals surface area contributed by atoms with Crippen molar-refractivity contribution in [3.05, 3.63) is 46.3 Å². The van der Waals surface area contributed by atoms with Crippen LogP contribution in [0, 0.1) is 13.8 Å². The third kappa shape index (κ3) is 3.32. The van der Waals surface area contributed by atoms with Crippen LogP contribution in [0.25, 0.3) is 0 Å². The monoisotopic (exact) mass is 327 g/mol. The number of anilines is 1. The van der Waals surface area contributed by atoms with Crippen LogP contribution >= 0.6 is 0 Å². The molecule has 3 rings (SSSR count). The average Bonchev–Trinajstić information content (AvgIpc) is 3.06. The largest absolute Gasteiger partial charge is 0.361 e. The Morgan fingerprint density at radius 1 is 1.42 bits per heavy atom. The van der Waals surface area contributed by atoms with Crippen molar-refractivity contribution in [2.24, 2.45) is 0 Å². The Morgan fingerprint density at radius 2 is 2.21 bits per heavy atom. The van der Waals surface area contributed by atoms with Crippen molar-refractivity contribution in [2.45, 2.75) is 46.1 Å². The molecule has 0 fully saturated rings. The molecule has 0 aliphatic carbocycles. The van der Waals surface area contributed by atoms with Gasteiger partial charge in [0.05, 0.1) is 18.2 Å². The Balaban J connectivity index is 1.58. The summed E-state index contributed by atoms with van der Waals surface area (Å²) in [6.45, 7) is 5.68. The number of carbonyl (C=O) groups excluding carboxylic acids is 2. The maximum Gasteiger partial charge on any atom is 0.228 e. The summed E-state index contributed by atoms with van der Waals surface area (Å²) in [6, 6.07) is 5.70. The molecule has 1 aromatic heterocycles. The van der Waals surface area contributed by atoms with Gasteiger partial charge >= 0.3 is 0 Å². The first-order valence-corrected chi connectivity index (χ1v) is 8.08. The van der Waals surface area contributed by atoms with Crippen LogP contribution < -0.4 is 10.6 Å². The number of aromatic nitrogens is 1. The van der Waals surface area contributed by atoms with E-state index >= 15 is 0 Å². The van der Waals surface area contributed by atoms with E-state index < -0.39 is 0 Å². The van der Waals surface area contributed by atoms with Crippen molar-refractivity contribution in [3.8, 4) is 0 Å². The van der Waals surface area contributed by atoms with Crippen molar-refractivity contribution in [1.82, 2.24) is 10.5 Å². The van der Waals surface area contributed by atoms with Gasteiger partial charge in [-0.2, -0.15) is 0 Å². The van der Waals surface area contributed by atoms with Gasteiger partial charge in [0.2, 0.25) is 11.8 Å². The van der Waals surface area contributed by atoms with Gasteiger partial charge in [0.1, 0.15) is 5.76 Å². The Morgan fingerprint density at radius 3 is 2.92 bits per heavy atom. The number of nitrogens with zero attached hydrogens (tertiary/aromatic N) is 1. The fraction of sp³-hybridized carbons (Fsp3) is 0.389. The van der Waals surface area contributed by atoms with Crippen molar-refractivity contribution >= 4 is 17.5 Å². The molecule has 0 radical (unpaired) electrons. The molecule has 2 amide bonds. The molecule has 6 nitrogen and oxygen atoms in total. The van der Waals surface area contributed by atoms with Crippen molar-refractivity contribution in [2.75, 3.05) is 5.32 Å². The molecule has 1 aliphatic rings. The van der Waals surface area contributed by atoms with Crippen LogP contribution in [-0.4, -0.2) is 17.0 Å². The maximum atomic E-state index is 12.2. The molecular weight excluding hydrogens is 306 g/mol. The lowest BCUT2D eigenvalue weighted by atomic mass is 10.0. The molecule has 2 N–H and O–H groups in total. The van der Waals surface area contributed by atoms with E-state index in [-0.39, 0.29) is 17.9 Å². The first kappa shape index (κ1) is 16.2. The normalized spacial score (nSPS) is 14.2. The van der Waals surface area contributed by atoms with Gasteiger partial charge < -0.3 is 15.2 Å². The summed E-state index contributed by atoms with van der Waals surface area (Å²) in [7, 11) is 0. The van der Waals surface area contributed by atoms with Gasteiger partial charge in [-0.1, -0.05) is 17.3 Å². The number of fused-ring (bicyclic) bond motifs is 1. The van der Waals surface area contributed by atoms with Crippen LogP contribution in [0.4, 0.5) is 5.69 Å². The van der Waals surface area contributed by atoms with E-state index in [4.69, 9.17) is 4.52 Å². The minimum absolute atomic E-state index is 0.0123. The second-order valence-electron chi connectivity index (χ2n) is 6.23. The second-order valence-corrected chi connectivity index (χ2v) is 6.23. The predicted octanol–water partition coefficient (Wildman–Crippen LogP) is 2.60. The zero-order valence-corrected chi connectivity index (χ0v) is 14.1. The summed E-state index contributed by atoms with van der Waals surface area (Å²) in [5, 5.41) is 9.72. The van der Waals surface area contributed by atoms with Crippen molar-refractivity contribution in [1.29, 1.82) is 0 Å². The highest BCUT2D eigenvalue weighted by molar-refractivity contribution is 5.99. The van der Waals surface area contributed by atoms with E-state index in [0.29, 0.717) is 19.3 Å². The molecule has 24 heavy (non-hydrogen) atoms. The topological polar surface area (TPSA) is 84.2 Å². The Labute approximate surface area is 140 Å². The molecule has 2 heterocycles. The standard InChI is InChI=1S/C18H21N3O3/c1-10(13-4-6-16-14(8-13)9-18(23)20-16)19-17(22)7-5-15-11(2)21-24-12(15)3/h4,6,8,10H,5,7,9H2,1-3H3,(H,19,22)(H,20,23)/t10-/m0/s1. The number of rotatable bonds is 5. The molecular formula is C18H21N3O3. The molecule has 0 bridgehead atoms. The summed E-state index contributed by atoms with van der Waals surface area (Å²) < 4.78 is 5.11. The highest BCUT2D eigenvalue weighted by Crippen LogP contribution is 2.26. The number of benzene rings is 1. The zero-order valence-electron chi connectivity index (χ0n) is 14.1. The van der Waals surface area contributed by atoms with Crippen LogP contribution in [0.3, 0.4) is 0 Å². The van der Waals surface area contributed by atoms with Crippen LogP contribution in [-0.2, 0) is 22.4 Å². The zero-order chi connectivity index (χ0) is 17.3. The van der Waals surface area contributed by atoms with E-state index in [1.54, 1.807) is 0 Å². The Bertz CT molecular complexity index is 775. The molecule has 1 atom stereocenters. The van der Waals surface area contributed by atoms with Gasteiger partial charge in [0.15, 0.2) is 0 Å². The van der Waals surface area contributed by atoms with E-state index in [9.17, 15) is 9.59 Å². The van der Waals surface area contributed by atoms with Gasteiger partial charge in [-0.05, 0) is 44.4 Å². The molecule has 0 saturated carbocycles. The number of nitrogens with one attached hydrogen (secondary N) is 2. The first-order valence-electron chi connectivity index (χ1n) is 8.08. The van der Waals surface area contributed by atoms with Crippen LogP contribution in [0.1, 0.15) is 47.5 Å². The van der Waals surface area contributed by atoms with E-state index in [0.717, 1.165) is 33.8 Å². The average molecular weight is 327 g/mol. The van der Waals surface area contributed by atoms with Crippen molar-refractivity contribution < 1.29 is 14.1 Å². The minimum Gasteiger partial charge on any atom is -0.361 e. The molecule has 6 heteroatoms. The number of amides is 2. The maximum absolute atomic E-state index is 12.2. The SMILES string of the molecule is Cc1noc(C)c1CCC(=O)N[C@@H](C)c1ccc2c(c1)CC(=O)N2. The lowest BCUT2D eigenvalue weighted by Gasteiger charge is -2.15. The smallest absolute Gasteiger partial charge is 0.228 e. The summed E-state index contributed by atoms with van der Waals surface area (Å²) in [4.78, 5) is 23.6. The van der Waals surface area contributed by atoms with E-state index in [2.05, 4.69) is 15.8 Å². The molecule has 0 spiro atoms.